The molecule has 0 bridgehead atoms. The van der Waals surface area contributed by atoms with Crippen LogP contribution in [0.3, 0.4) is 0 Å². The van der Waals surface area contributed by atoms with E-state index in [9.17, 15) is 17.6 Å². The van der Waals surface area contributed by atoms with Crippen molar-refractivity contribution in [2.45, 2.75) is 24.0 Å². The molecule has 0 saturated carbocycles. The van der Waals surface area contributed by atoms with Crippen molar-refractivity contribution in [3.05, 3.63) is 47.4 Å². The van der Waals surface area contributed by atoms with Gasteiger partial charge in [-0.1, -0.05) is 11.2 Å². The van der Waals surface area contributed by atoms with Crippen LogP contribution in [-0.4, -0.2) is 41.9 Å². The number of anilines is 1. The quantitative estimate of drug-likeness (QED) is 0.640. The number of thiophene rings is 1. The fourth-order valence-corrected chi connectivity index (χ4v) is 6.13. The van der Waals surface area contributed by atoms with E-state index in [0.29, 0.717) is 42.4 Å². The summed E-state index contributed by atoms with van der Waals surface area (Å²) in [6.45, 7) is 2.06. The Hall–Kier alpha value is -2.63. The number of aryl methyl sites for hydroxylation is 1. The maximum atomic E-state index is 13.3. The number of nitrogens with one attached hydrogen (secondary N) is 1. The first-order chi connectivity index (χ1) is 14.3. The average Bonchev–Trinajstić information content (AvgIpc) is 3.37. The molecular weight excluding hydrogens is 431 g/mol. The van der Waals surface area contributed by atoms with E-state index in [1.807, 2.05) is 0 Å². The van der Waals surface area contributed by atoms with Crippen LogP contribution in [0.4, 0.5) is 10.1 Å². The molecule has 1 saturated heterocycles. The highest BCUT2D eigenvalue weighted by Crippen LogP contribution is 2.31. The largest absolute Gasteiger partial charge is 0.339 e. The van der Waals surface area contributed by atoms with Gasteiger partial charge < -0.3 is 9.84 Å². The Morgan fingerprint density at radius 1 is 1.37 bits per heavy atom. The van der Waals surface area contributed by atoms with E-state index in [-0.39, 0.29) is 16.7 Å². The zero-order valence-corrected chi connectivity index (χ0v) is 17.7. The zero-order valence-electron chi connectivity index (χ0n) is 16.0. The molecule has 1 fully saturated rings. The highest BCUT2D eigenvalue weighted by atomic mass is 32.2. The van der Waals surface area contributed by atoms with Crippen LogP contribution < -0.4 is 5.32 Å². The lowest BCUT2D eigenvalue weighted by Gasteiger charge is -2.30. The number of aromatic nitrogens is 2. The van der Waals surface area contributed by atoms with Crippen molar-refractivity contribution in [1.82, 2.24) is 14.4 Å². The molecule has 4 rings (SSSR count). The summed E-state index contributed by atoms with van der Waals surface area (Å²) < 4.78 is 46.0. The molecule has 1 aromatic carbocycles. The standard InChI is InChI=1S/C19H19FN4O4S2/c1-12-21-18(23-28-12)14-8-17(29-11-14)30(26,27)24-7-3-4-13(10-24)19(25)22-16-6-2-5-15(20)9-16/h2,5-6,8-9,11,13H,3-4,7,10H2,1H3,(H,22,25)/t13-/m1/s1. The number of hydrogen-bond acceptors (Lipinski definition) is 7. The molecule has 1 amide bonds. The Bertz CT molecular complexity index is 1170. The Morgan fingerprint density at radius 2 is 2.20 bits per heavy atom. The molecule has 158 valence electrons. The smallest absolute Gasteiger partial charge is 0.252 e. The normalized spacial score (nSPS) is 17.7. The number of hydrogen-bond donors (Lipinski definition) is 1. The van der Waals surface area contributed by atoms with Crippen molar-refractivity contribution >= 4 is 33.0 Å². The minimum Gasteiger partial charge on any atom is -0.339 e. The van der Waals surface area contributed by atoms with Gasteiger partial charge in [0, 0.05) is 36.6 Å². The number of amides is 1. The maximum absolute atomic E-state index is 13.3. The lowest BCUT2D eigenvalue weighted by atomic mass is 9.99. The van der Waals surface area contributed by atoms with E-state index < -0.39 is 21.8 Å². The first kappa shape index (κ1) is 20.6. The molecule has 0 aliphatic carbocycles. The van der Waals surface area contributed by atoms with Gasteiger partial charge in [0.2, 0.25) is 17.6 Å². The van der Waals surface area contributed by atoms with Gasteiger partial charge in [-0.2, -0.15) is 9.29 Å². The topological polar surface area (TPSA) is 105 Å². The third kappa shape index (κ3) is 4.27. The summed E-state index contributed by atoms with van der Waals surface area (Å²) in [5.74, 6) is -0.573. The van der Waals surface area contributed by atoms with E-state index >= 15 is 0 Å². The van der Waals surface area contributed by atoms with Gasteiger partial charge in [-0.15, -0.1) is 11.3 Å². The van der Waals surface area contributed by atoms with Crippen LogP contribution in [0.5, 0.6) is 0 Å². The summed E-state index contributed by atoms with van der Waals surface area (Å²) in [7, 11) is -3.76. The summed E-state index contributed by atoms with van der Waals surface area (Å²) >= 11 is 1.07. The van der Waals surface area contributed by atoms with Crippen LogP contribution in [0.25, 0.3) is 11.4 Å². The number of carbonyl (C=O) groups is 1. The number of halogens is 1. The molecule has 3 heterocycles. The second-order valence-corrected chi connectivity index (χ2v) is 10.1. The molecule has 0 unspecified atom stereocenters. The van der Waals surface area contributed by atoms with Crippen LogP contribution in [0, 0.1) is 18.7 Å². The van der Waals surface area contributed by atoms with Gasteiger partial charge in [-0.3, -0.25) is 4.79 Å². The molecule has 30 heavy (non-hydrogen) atoms. The monoisotopic (exact) mass is 450 g/mol. The van der Waals surface area contributed by atoms with Crippen LogP contribution >= 0.6 is 11.3 Å². The Kier molecular flexibility index (Phi) is 5.67. The fraction of sp³-hybridized carbons (Fsp3) is 0.316. The lowest BCUT2D eigenvalue weighted by Crippen LogP contribution is -2.43. The van der Waals surface area contributed by atoms with Gasteiger partial charge in [-0.25, -0.2) is 12.8 Å². The predicted molar refractivity (Wildman–Crippen MR) is 109 cm³/mol. The van der Waals surface area contributed by atoms with Gasteiger partial charge in [0.15, 0.2) is 0 Å². The van der Waals surface area contributed by atoms with Crippen LogP contribution in [-0.2, 0) is 14.8 Å². The molecule has 2 aromatic heterocycles. The Labute approximate surface area is 176 Å². The fourth-order valence-electron chi connectivity index (χ4n) is 3.30. The molecule has 3 aromatic rings. The third-order valence-corrected chi connectivity index (χ3v) is 8.08. The number of benzene rings is 1. The number of piperidine rings is 1. The zero-order chi connectivity index (χ0) is 21.3. The van der Waals surface area contributed by atoms with Crippen LogP contribution in [0.1, 0.15) is 18.7 Å². The molecule has 1 N–H and O–H groups in total. The van der Waals surface area contributed by atoms with Crippen molar-refractivity contribution in [3.8, 4) is 11.4 Å². The third-order valence-electron chi connectivity index (χ3n) is 4.80. The average molecular weight is 451 g/mol. The first-order valence-electron chi connectivity index (χ1n) is 9.29. The van der Waals surface area contributed by atoms with E-state index in [4.69, 9.17) is 4.52 Å². The summed E-state index contributed by atoms with van der Waals surface area (Å²) in [6.07, 6.45) is 1.12. The molecule has 1 aliphatic rings. The molecule has 11 heteroatoms. The Morgan fingerprint density at radius 3 is 2.93 bits per heavy atom. The predicted octanol–water partition coefficient (Wildman–Crippen LogP) is 3.29. The number of sulfonamides is 1. The van der Waals surface area contributed by atoms with E-state index in [1.54, 1.807) is 18.4 Å². The highest BCUT2D eigenvalue weighted by Gasteiger charge is 2.34. The summed E-state index contributed by atoms with van der Waals surface area (Å²) in [4.78, 5) is 16.7. The summed E-state index contributed by atoms with van der Waals surface area (Å²) in [5.41, 5.74) is 0.908. The summed E-state index contributed by atoms with van der Waals surface area (Å²) in [6, 6.07) is 7.12. The van der Waals surface area contributed by atoms with Crippen molar-refractivity contribution < 1.29 is 22.1 Å². The molecule has 1 aliphatic heterocycles. The SMILES string of the molecule is Cc1nc(-c2csc(S(=O)(=O)N3CCC[C@@H](C(=O)Nc4cccc(F)c4)C3)c2)no1. The van der Waals surface area contributed by atoms with Crippen LogP contribution in [0.15, 0.2) is 44.4 Å². The summed E-state index contributed by atoms with van der Waals surface area (Å²) in [5, 5.41) is 8.14. The minimum absolute atomic E-state index is 0.0675. The van der Waals surface area contributed by atoms with Crippen molar-refractivity contribution in [3.63, 3.8) is 0 Å². The van der Waals surface area contributed by atoms with Gasteiger partial charge in [-0.05, 0) is 37.1 Å². The van der Waals surface area contributed by atoms with Crippen molar-refractivity contribution in [2.24, 2.45) is 5.92 Å². The molecule has 8 nitrogen and oxygen atoms in total. The van der Waals surface area contributed by atoms with E-state index in [0.717, 1.165) is 11.3 Å². The number of nitrogens with zero attached hydrogens (tertiary/aromatic N) is 3. The molecular formula is C19H19FN4O4S2. The highest BCUT2D eigenvalue weighted by molar-refractivity contribution is 7.91. The van der Waals surface area contributed by atoms with Gasteiger partial charge >= 0.3 is 0 Å². The lowest BCUT2D eigenvalue weighted by molar-refractivity contribution is -0.120. The molecule has 0 radical (unpaired) electrons. The second-order valence-electron chi connectivity index (χ2n) is 6.99. The maximum Gasteiger partial charge on any atom is 0.252 e. The second kappa shape index (κ2) is 8.25. The van der Waals surface area contributed by atoms with Crippen molar-refractivity contribution in [1.29, 1.82) is 0 Å². The van der Waals surface area contributed by atoms with Crippen molar-refractivity contribution in [2.75, 3.05) is 18.4 Å². The van der Waals surface area contributed by atoms with Crippen LogP contribution in [0.2, 0.25) is 0 Å². The van der Waals surface area contributed by atoms with Gasteiger partial charge in [0.05, 0.1) is 5.92 Å². The van der Waals surface area contributed by atoms with Gasteiger partial charge in [0.25, 0.3) is 10.0 Å². The molecule has 1 atom stereocenters. The first-order valence-corrected chi connectivity index (χ1v) is 11.6. The molecule has 0 spiro atoms. The number of rotatable bonds is 5. The van der Waals surface area contributed by atoms with Gasteiger partial charge in [0.1, 0.15) is 10.0 Å². The number of carbonyl (C=O) groups excluding carboxylic acids is 1. The minimum atomic E-state index is -3.76. The van der Waals surface area contributed by atoms with E-state index in [2.05, 4.69) is 15.5 Å². The van der Waals surface area contributed by atoms with E-state index in [1.165, 1.54) is 28.6 Å². The Balaban J connectivity index is 1.48.